The first kappa shape index (κ1) is 16.3. The van der Waals surface area contributed by atoms with Gasteiger partial charge in [-0.05, 0) is 36.8 Å². The van der Waals surface area contributed by atoms with Gasteiger partial charge in [-0.1, -0.05) is 11.3 Å². The molecule has 0 radical (unpaired) electrons. The maximum absolute atomic E-state index is 11.6. The molecule has 0 aliphatic rings. The number of fused-ring (bicyclic) bond motifs is 3. The van der Waals surface area contributed by atoms with Gasteiger partial charge >= 0.3 is 0 Å². The molecule has 4 aromatic rings. The molecule has 0 bridgehead atoms. The molecule has 0 unspecified atom stereocenters. The Labute approximate surface area is 153 Å². The van der Waals surface area contributed by atoms with Crippen molar-refractivity contribution < 1.29 is 9.53 Å². The van der Waals surface area contributed by atoms with E-state index in [2.05, 4.69) is 15.3 Å². The molecule has 2 aromatic carbocycles. The quantitative estimate of drug-likeness (QED) is 0.577. The van der Waals surface area contributed by atoms with E-state index < -0.39 is 5.91 Å². The van der Waals surface area contributed by atoms with Gasteiger partial charge in [0.2, 0.25) is 5.91 Å². The summed E-state index contributed by atoms with van der Waals surface area (Å²) >= 11 is 1.51. The van der Waals surface area contributed by atoms with Crippen LogP contribution in [-0.2, 0) is 7.05 Å². The number of carbonyl (C=O) groups is 1. The van der Waals surface area contributed by atoms with Crippen LogP contribution in [0.3, 0.4) is 0 Å². The lowest BCUT2D eigenvalue weighted by Gasteiger charge is -2.12. The van der Waals surface area contributed by atoms with Crippen molar-refractivity contribution >= 4 is 49.3 Å². The molecule has 8 heteroatoms. The predicted molar refractivity (Wildman–Crippen MR) is 103 cm³/mol. The Morgan fingerprint density at radius 3 is 2.85 bits per heavy atom. The first-order chi connectivity index (χ1) is 12.5. The number of aromatic nitrogens is 3. The number of hydrogen-bond donors (Lipinski definition) is 2. The summed E-state index contributed by atoms with van der Waals surface area (Å²) in [6.07, 6.45) is 1.78. The number of thiazole rings is 1. The van der Waals surface area contributed by atoms with Gasteiger partial charge in [-0.15, -0.1) is 0 Å². The summed E-state index contributed by atoms with van der Waals surface area (Å²) in [6, 6.07) is 7.54. The zero-order chi connectivity index (χ0) is 18.4. The lowest BCUT2D eigenvalue weighted by Crippen LogP contribution is -2.13. The molecule has 0 atom stereocenters. The molecule has 4 rings (SSSR count). The lowest BCUT2D eigenvalue weighted by molar-refractivity contribution is 0.0999. The first-order valence-electron chi connectivity index (χ1n) is 7.94. The van der Waals surface area contributed by atoms with Crippen LogP contribution in [0.25, 0.3) is 21.3 Å². The van der Waals surface area contributed by atoms with Crippen LogP contribution in [0.5, 0.6) is 5.75 Å². The Morgan fingerprint density at radius 1 is 1.31 bits per heavy atom. The number of hydrogen-bond acceptors (Lipinski definition) is 6. The molecule has 2 heterocycles. The molecule has 3 N–H and O–H groups in total. The number of aryl methyl sites for hydroxylation is 2. The van der Waals surface area contributed by atoms with Crippen molar-refractivity contribution in [3.05, 3.63) is 41.7 Å². The smallest absolute Gasteiger partial charge is 0.249 e. The number of imidazole rings is 1. The van der Waals surface area contributed by atoms with Gasteiger partial charge in [0.1, 0.15) is 16.8 Å². The van der Waals surface area contributed by atoms with E-state index in [1.54, 1.807) is 25.6 Å². The van der Waals surface area contributed by atoms with Gasteiger partial charge in [0.05, 0.1) is 29.3 Å². The molecule has 132 valence electrons. The van der Waals surface area contributed by atoms with Crippen LogP contribution in [0.2, 0.25) is 0 Å². The van der Waals surface area contributed by atoms with Crippen molar-refractivity contribution in [3.8, 4) is 5.75 Å². The average Bonchev–Trinajstić information content (AvgIpc) is 3.18. The number of ether oxygens (including phenoxy) is 1. The minimum atomic E-state index is -0.479. The van der Waals surface area contributed by atoms with Gasteiger partial charge in [0.15, 0.2) is 5.13 Å². The number of nitrogens with zero attached hydrogens (tertiary/aromatic N) is 3. The normalized spacial score (nSPS) is 11.2. The van der Waals surface area contributed by atoms with Gasteiger partial charge in [-0.2, -0.15) is 0 Å². The molecule has 0 aliphatic heterocycles. The highest BCUT2D eigenvalue weighted by atomic mass is 32.1. The Morgan fingerprint density at radius 2 is 2.12 bits per heavy atom. The van der Waals surface area contributed by atoms with Gasteiger partial charge in [-0.25, -0.2) is 9.97 Å². The second-order valence-corrected chi connectivity index (χ2v) is 7.04. The monoisotopic (exact) mass is 367 g/mol. The third kappa shape index (κ3) is 2.55. The van der Waals surface area contributed by atoms with Crippen LogP contribution in [0.4, 0.5) is 10.8 Å². The van der Waals surface area contributed by atoms with Gasteiger partial charge < -0.3 is 20.4 Å². The van der Waals surface area contributed by atoms with Gasteiger partial charge in [0.25, 0.3) is 0 Å². The maximum atomic E-state index is 11.6. The molecule has 0 spiro atoms. The molecule has 1 amide bonds. The van der Waals surface area contributed by atoms with Crippen LogP contribution in [0.1, 0.15) is 15.9 Å². The molecule has 26 heavy (non-hydrogen) atoms. The minimum Gasteiger partial charge on any atom is -0.495 e. The third-order valence-corrected chi connectivity index (χ3v) is 5.24. The highest BCUT2D eigenvalue weighted by Gasteiger charge is 2.15. The molecule has 0 aliphatic carbocycles. The van der Waals surface area contributed by atoms with Crippen molar-refractivity contribution in [2.75, 3.05) is 12.4 Å². The van der Waals surface area contributed by atoms with E-state index in [-0.39, 0.29) is 0 Å². The number of methoxy groups -OCH3 is 1. The van der Waals surface area contributed by atoms with Crippen molar-refractivity contribution in [2.24, 2.45) is 12.8 Å². The fourth-order valence-corrected chi connectivity index (χ4v) is 3.85. The zero-order valence-corrected chi connectivity index (χ0v) is 15.3. The predicted octanol–water partition coefficient (Wildman–Crippen LogP) is 3.34. The Kier molecular flexibility index (Phi) is 3.77. The van der Waals surface area contributed by atoms with E-state index in [0.29, 0.717) is 22.1 Å². The van der Waals surface area contributed by atoms with E-state index in [4.69, 9.17) is 10.5 Å². The highest BCUT2D eigenvalue weighted by Crippen LogP contribution is 2.36. The van der Waals surface area contributed by atoms with Crippen LogP contribution in [0, 0.1) is 6.92 Å². The van der Waals surface area contributed by atoms with Crippen molar-refractivity contribution in [2.45, 2.75) is 6.92 Å². The third-order valence-electron chi connectivity index (χ3n) is 4.31. The number of nitrogens with two attached hydrogens (primary N) is 1. The first-order valence-corrected chi connectivity index (χ1v) is 8.75. The summed E-state index contributed by atoms with van der Waals surface area (Å²) < 4.78 is 8.42. The van der Waals surface area contributed by atoms with Crippen molar-refractivity contribution in [3.63, 3.8) is 0 Å². The molecule has 2 aromatic heterocycles. The van der Waals surface area contributed by atoms with E-state index in [9.17, 15) is 4.79 Å². The van der Waals surface area contributed by atoms with Crippen molar-refractivity contribution in [1.29, 1.82) is 0 Å². The number of anilines is 2. The number of nitrogens with one attached hydrogen (secondary N) is 1. The molecule has 0 saturated carbocycles. The largest absolute Gasteiger partial charge is 0.495 e. The van der Waals surface area contributed by atoms with E-state index in [1.807, 2.05) is 30.7 Å². The summed E-state index contributed by atoms with van der Waals surface area (Å²) in [5.74, 6) is 0.141. The van der Waals surface area contributed by atoms with Gasteiger partial charge in [0, 0.05) is 12.6 Å². The lowest BCUT2D eigenvalue weighted by atomic mass is 10.1. The molecule has 7 nitrogen and oxygen atoms in total. The van der Waals surface area contributed by atoms with Gasteiger partial charge in [-0.3, -0.25) is 4.79 Å². The van der Waals surface area contributed by atoms with E-state index >= 15 is 0 Å². The number of primary amides is 1. The Balaban J connectivity index is 1.81. The summed E-state index contributed by atoms with van der Waals surface area (Å²) in [4.78, 5) is 20.8. The molecule has 0 fully saturated rings. The summed E-state index contributed by atoms with van der Waals surface area (Å²) in [5.41, 5.74) is 10.0. The molecular weight excluding hydrogens is 350 g/mol. The van der Waals surface area contributed by atoms with Crippen LogP contribution in [-0.4, -0.2) is 27.6 Å². The molecular formula is C18H17N5O2S. The number of carbonyl (C=O) groups excluding carboxylic acids is 1. The Bertz CT molecular complexity index is 1160. The van der Waals surface area contributed by atoms with E-state index in [1.165, 1.54) is 11.3 Å². The Hall–Kier alpha value is -3.13. The summed E-state index contributed by atoms with van der Waals surface area (Å²) in [7, 11) is 3.54. The number of amides is 1. The second kappa shape index (κ2) is 5.99. The fraction of sp³-hybridized carbons (Fsp3) is 0.167. The van der Waals surface area contributed by atoms with Crippen LogP contribution < -0.4 is 15.8 Å². The van der Waals surface area contributed by atoms with Crippen LogP contribution in [0.15, 0.2) is 30.6 Å². The summed E-state index contributed by atoms with van der Waals surface area (Å²) in [5, 5.41) is 3.94. The SMILES string of the molecule is COc1cc(C)c(C(N)=O)cc1Nc1nc2c(ccc3c2ncn3C)s1. The molecule has 0 saturated heterocycles. The highest BCUT2D eigenvalue weighted by molar-refractivity contribution is 7.22. The maximum Gasteiger partial charge on any atom is 0.249 e. The number of rotatable bonds is 4. The standard InChI is InChI=1S/C18H17N5O2S/c1-9-6-13(25-3)11(7-10(9)17(19)24)21-18-22-16-14(26-18)5-4-12-15(16)20-8-23(12)2/h4-8H,1-3H3,(H2,19,24)(H,21,22). The zero-order valence-electron chi connectivity index (χ0n) is 14.5. The number of benzene rings is 2. The van der Waals surface area contributed by atoms with E-state index in [0.717, 1.165) is 26.8 Å². The minimum absolute atomic E-state index is 0.446. The van der Waals surface area contributed by atoms with Crippen molar-refractivity contribution in [1.82, 2.24) is 14.5 Å². The average molecular weight is 367 g/mol. The topological polar surface area (TPSA) is 95.1 Å². The second-order valence-electron chi connectivity index (χ2n) is 6.01. The summed E-state index contributed by atoms with van der Waals surface area (Å²) in [6.45, 7) is 1.82. The fourth-order valence-electron chi connectivity index (χ4n) is 2.97. The van der Waals surface area contributed by atoms with Crippen LogP contribution >= 0.6 is 11.3 Å².